The zero-order chi connectivity index (χ0) is 15.0. The number of pyridine rings is 1. The minimum absolute atomic E-state index is 0.309. The van der Waals surface area contributed by atoms with E-state index in [1.165, 1.54) is 18.5 Å². The van der Waals surface area contributed by atoms with Crippen LogP contribution in [0.25, 0.3) is 5.65 Å². The summed E-state index contributed by atoms with van der Waals surface area (Å²) in [6.07, 6.45) is 5.41. The number of rotatable bonds is 3. The van der Waals surface area contributed by atoms with Crippen molar-refractivity contribution in [3.05, 3.63) is 35.8 Å². The average Bonchev–Trinajstić information content (AvgIpc) is 2.75. The highest BCUT2D eigenvalue weighted by molar-refractivity contribution is 5.43. The number of fused-ring (bicyclic) bond motifs is 1. The number of nitrogens with two attached hydrogens (primary N) is 1. The Bertz CT molecular complexity index is 621. The standard InChI is InChI=1S/C17H26N4/c1-13-7-10-20(11-8-13)17(3,18)12-15-14(2)19-16-6-4-5-9-21(15)16/h4-6,9,13H,7-8,10-12,18H2,1-3H3. The SMILES string of the molecule is Cc1nc2ccccn2c1CC(C)(N)N1CCC(C)CC1. The second-order valence-corrected chi connectivity index (χ2v) is 6.78. The van der Waals surface area contributed by atoms with E-state index in [9.17, 15) is 0 Å². The van der Waals surface area contributed by atoms with Crippen LogP contribution < -0.4 is 5.73 Å². The molecule has 0 aromatic carbocycles. The third-order valence-corrected chi connectivity index (χ3v) is 4.86. The number of imidazole rings is 1. The van der Waals surface area contributed by atoms with E-state index in [2.05, 4.69) is 41.3 Å². The molecule has 0 amide bonds. The maximum atomic E-state index is 6.67. The number of hydrogen-bond donors (Lipinski definition) is 1. The van der Waals surface area contributed by atoms with Gasteiger partial charge in [0.15, 0.2) is 0 Å². The van der Waals surface area contributed by atoms with Crippen LogP contribution in [-0.2, 0) is 6.42 Å². The summed E-state index contributed by atoms with van der Waals surface area (Å²) in [6.45, 7) is 8.77. The van der Waals surface area contributed by atoms with Crippen LogP contribution in [0.4, 0.5) is 0 Å². The third kappa shape index (κ3) is 2.83. The summed E-state index contributed by atoms with van der Waals surface area (Å²) < 4.78 is 2.17. The summed E-state index contributed by atoms with van der Waals surface area (Å²) in [7, 11) is 0. The van der Waals surface area contributed by atoms with E-state index in [4.69, 9.17) is 5.73 Å². The van der Waals surface area contributed by atoms with Crippen molar-refractivity contribution in [3.8, 4) is 0 Å². The van der Waals surface area contributed by atoms with Crippen LogP contribution in [0, 0.1) is 12.8 Å². The highest BCUT2D eigenvalue weighted by Crippen LogP contribution is 2.25. The molecular formula is C17H26N4. The molecule has 0 bridgehead atoms. The van der Waals surface area contributed by atoms with E-state index < -0.39 is 0 Å². The van der Waals surface area contributed by atoms with Gasteiger partial charge in [-0.15, -0.1) is 0 Å². The highest BCUT2D eigenvalue weighted by atomic mass is 15.3. The molecule has 0 aliphatic carbocycles. The first-order chi connectivity index (χ1) is 9.97. The topological polar surface area (TPSA) is 46.6 Å². The molecule has 2 aromatic rings. The third-order valence-electron chi connectivity index (χ3n) is 4.86. The molecule has 2 N–H and O–H groups in total. The highest BCUT2D eigenvalue weighted by Gasteiger charge is 2.31. The maximum Gasteiger partial charge on any atom is 0.137 e. The van der Waals surface area contributed by atoms with Gasteiger partial charge in [0, 0.05) is 31.4 Å². The Hall–Kier alpha value is -1.39. The zero-order valence-corrected chi connectivity index (χ0v) is 13.3. The van der Waals surface area contributed by atoms with E-state index in [-0.39, 0.29) is 5.66 Å². The summed E-state index contributed by atoms with van der Waals surface area (Å²) in [5.74, 6) is 0.828. The van der Waals surface area contributed by atoms with Crippen molar-refractivity contribution in [3.63, 3.8) is 0 Å². The van der Waals surface area contributed by atoms with Crippen LogP contribution in [0.1, 0.15) is 38.1 Å². The molecule has 114 valence electrons. The molecule has 0 spiro atoms. The molecular weight excluding hydrogens is 260 g/mol. The Kier molecular flexibility index (Phi) is 3.76. The van der Waals surface area contributed by atoms with Crippen molar-refractivity contribution in [1.82, 2.24) is 14.3 Å². The molecule has 1 atom stereocenters. The minimum Gasteiger partial charge on any atom is -0.313 e. The van der Waals surface area contributed by atoms with E-state index >= 15 is 0 Å². The van der Waals surface area contributed by atoms with Crippen LogP contribution in [0.5, 0.6) is 0 Å². The first kappa shape index (κ1) is 14.5. The molecule has 1 aliphatic heterocycles. The number of piperidine rings is 1. The lowest BCUT2D eigenvalue weighted by atomic mass is 9.94. The molecule has 4 heteroatoms. The van der Waals surface area contributed by atoms with Gasteiger partial charge in [0.2, 0.25) is 0 Å². The Morgan fingerprint density at radius 3 is 2.76 bits per heavy atom. The van der Waals surface area contributed by atoms with Crippen LogP contribution in [-0.4, -0.2) is 33.0 Å². The van der Waals surface area contributed by atoms with E-state index in [0.717, 1.165) is 36.8 Å². The van der Waals surface area contributed by atoms with Crippen LogP contribution in [0.3, 0.4) is 0 Å². The van der Waals surface area contributed by atoms with Crippen molar-refractivity contribution in [1.29, 1.82) is 0 Å². The largest absolute Gasteiger partial charge is 0.313 e. The molecule has 0 saturated carbocycles. The van der Waals surface area contributed by atoms with Gasteiger partial charge in [-0.2, -0.15) is 0 Å². The molecule has 3 heterocycles. The monoisotopic (exact) mass is 286 g/mol. The number of nitrogens with zero attached hydrogens (tertiary/aromatic N) is 3. The van der Waals surface area contributed by atoms with Gasteiger partial charge >= 0.3 is 0 Å². The number of likely N-dealkylation sites (tertiary alicyclic amines) is 1. The van der Waals surface area contributed by atoms with Gasteiger partial charge in [0.25, 0.3) is 0 Å². The minimum atomic E-state index is -0.309. The molecule has 0 radical (unpaired) electrons. The lowest BCUT2D eigenvalue weighted by molar-refractivity contribution is 0.0685. The smallest absolute Gasteiger partial charge is 0.137 e. The molecule has 4 nitrogen and oxygen atoms in total. The van der Waals surface area contributed by atoms with E-state index in [0.29, 0.717) is 0 Å². The van der Waals surface area contributed by atoms with Crippen LogP contribution >= 0.6 is 0 Å². The van der Waals surface area contributed by atoms with E-state index in [1.54, 1.807) is 0 Å². The second kappa shape index (κ2) is 5.43. The number of aryl methyl sites for hydroxylation is 1. The lowest BCUT2D eigenvalue weighted by Gasteiger charge is -2.42. The van der Waals surface area contributed by atoms with Gasteiger partial charge in [0.05, 0.1) is 11.4 Å². The van der Waals surface area contributed by atoms with Crippen molar-refractivity contribution in [2.45, 2.75) is 45.7 Å². The Morgan fingerprint density at radius 1 is 1.33 bits per heavy atom. The summed E-state index contributed by atoms with van der Waals surface area (Å²) in [6, 6.07) is 6.13. The summed E-state index contributed by atoms with van der Waals surface area (Å²) >= 11 is 0. The first-order valence-corrected chi connectivity index (χ1v) is 7.94. The van der Waals surface area contributed by atoms with Gasteiger partial charge in [-0.05, 0) is 44.7 Å². The molecule has 1 unspecified atom stereocenters. The molecule has 1 fully saturated rings. The van der Waals surface area contributed by atoms with Gasteiger partial charge in [-0.3, -0.25) is 4.90 Å². The molecule has 21 heavy (non-hydrogen) atoms. The number of hydrogen-bond acceptors (Lipinski definition) is 3. The quantitative estimate of drug-likeness (QED) is 0.943. The normalized spacial score (nSPS) is 20.8. The predicted molar refractivity (Wildman–Crippen MR) is 86.2 cm³/mol. The van der Waals surface area contributed by atoms with Crippen LogP contribution in [0.2, 0.25) is 0 Å². The Morgan fingerprint density at radius 2 is 2.05 bits per heavy atom. The first-order valence-electron chi connectivity index (χ1n) is 7.94. The van der Waals surface area contributed by atoms with Gasteiger partial charge in [-0.25, -0.2) is 4.98 Å². The van der Waals surface area contributed by atoms with Crippen LogP contribution in [0.15, 0.2) is 24.4 Å². The summed E-state index contributed by atoms with van der Waals surface area (Å²) in [5.41, 5.74) is 9.69. The predicted octanol–water partition coefficient (Wildman–Crippen LogP) is 2.59. The van der Waals surface area contributed by atoms with Crippen molar-refractivity contribution < 1.29 is 0 Å². The molecule has 2 aromatic heterocycles. The fourth-order valence-electron chi connectivity index (χ4n) is 3.35. The Labute approximate surface area is 127 Å². The average molecular weight is 286 g/mol. The fraction of sp³-hybridized carbons (Fsp3) is 0.588. The maximum absolute atomic E-state index is 6.67. The molecule has 1 saturated heterocycles. The molecule has 3 rings (SSSR count). The number of aromatic nitrogens is 2. The van der Waals surface area contributed by atoms with Crippen molar-refractivity contribution >= 4 is 5.65 Å². The zero-order valence-electron chi connectivity index (χ0n) is 13.3. The Balaban J connectivity index is 1.85. The summed E-state index contributed by atoms with van der Waals surface area (Å²) in [4.78, 5) is 7.08. The fourth-order valence-corrected chi connectivity index (χ4v) is 3.35. The van der Waals surface area contributed by atoms with E-state index in [1.807, 2.05) is 18.2 Å². The summed E-state index contributed by atoms with van der Waals surface area (Å²) in [5, 5.41) is 0. The van der Waals surface area contributed by atoms with Gasteiger partial charge < -0.3 is 10.1 Å². The second-order valence-electron chi connectivity index (χ2n) is 6.78. The van der Waals surface area contributed by atoms with Gasteiger partial charge in [0.1, 0.15) is 5.65 Å². The lowest BCUT2D eigenvalue weighted by Crippen LogP contribution is -2.57. The molecule has 1 aliphatic rings. The van der Waals surface area contributed by atoms with Gasteiger partial charge in [-0.1, -0.05) is 13.0 Å². The van der Waals surface area contributed by atoms with Crippen molar-refractivity contribution in [2.75, 3.05) is 13.1 Å². The van der Waals surface area contributed by atoms with Crippen molar-refractivity contribution in [2.24, 2.45) is 11.7 Å².